The Kier molecular flexibility index (Phi) is 3.79. The summed E-state index contributed by atoms with van der Waals surface area (Å²) < 4.78 is 0. The maximum absolute atomic E-state index is 3.43. The van der Waals surface area contributed by atoms with Crippen LogP contribution in [0.3, 0.4) is 0 Å². The van der Waals surface area contributed by atoms with Crippen molar-refractivity contribution in [3.05, 3.63) is 34.4 Å². The number of rotatable bonds is 2. The van der Waals surface area contributed by atoms with Gasteiger partial charge < -0.3 is 5.32 Å². The minimum Gasteiger partial charge on any atom is -0.314 e. The Morgan fingerprint density at radius 1 is 1.00 bits per heavy atom. The molecule has 0 bridgehead atoms. The summed E-state index contributed by atoms with van der Waals surface area (Å²) in [6.07, 6.45) is 0. The summed E-state index contributed by atoms with van der Waals surface area (Å²) in [7, 11) is 0. The molecule has 1 fully saturated rings. The van der Waals surface area contributed by atoms with E-state index in [0.29, 0.717) is 0 Å². The average molecular weight is 246 g/mol. The van der Waals surface area contributed by atoms with Crippen molar-refractivity contribution in [2.24, 2.45) is 0 Å². The predicted molar refractivity (Wildman–Crippen MR) is 78.1 cm³/mol. The van der Waals surface area contributed by atoms with Crippen LogP contribution in [0.25, 0.3) is 0 Å². The van der Waals surface area contributed by atoms with Crippen LogP contribution in [0.15, 0.2) is 12.1 Å². The highest BCUT2D eigenvalue weighted by Gasteiger charge is 2.31. The van der Waals surface area contributed by atoms with Crippen LogP contribution in [-0.4, -0.2) is 31.1 Å². The van der Waals surface area contributed by atoms with Gasteiger partial charge in [-0.2, -0.15) is 0 Å². The fraction of sp³-hybridized carbons (Fsp3) is 0.625. The first-order valence-corrected chi connectivity index (χ1v) is 6.97. The van der Waals surface area contributed by atoms with Crippen LogP contribution in [0, 0.1) is 20.8 Å². The lowest BCUT2D eigenvalue weighted by Gasteiger charge is -2.43. The molecule has 0 amide bonds. The van der Waals surface area contributed by atoms with E-state index in [1.165, 1.54) is 22.3 Å². The van der Waals surface area contributed by atoms with Gasteiger partial charge in [-0.15, -0.1) is 0 Å². The minimum absolute atomic E-state index is 0.129. The summed E-state index contributed by atoms with van der Waals surface area (Å²) in [5.74, 6) is 0. The summed E-state index contributed by atoms with van der Waals surface area (Å²) >= 11 is 0. The second-order valence-electron chi connectivity index (χ2n) is 6.07. The zero-order chi connectivity index (χ0) is 13.3. The Morgan fingerprint density at radius 2 is 1.50 bits per heavy atom. The van der Waals surface area contributed by atoms with Gasteiger partial charge in [-0.25, -0.2) is 0 Å². The van der Waals surface area contributed by atoms with E-state index in [1.54, 1.807) is 0 Å². The van der Waals surface area contributed by atoms with E-state index in [-0.39, 0.29) is 5.54 Å². The van der Waals surface area contributed by atoms with Gasteiger partial charge in [0.1, 0.15) is 0 Å². The first kappa shape index (κ1) is 13.6. The molecule has 0 aromatic heterocycles. The van der Waals surface area contributed by atoms with Gasteiger partial charge in [-0.05, 0) is 51.3 Å². The van der Waals surface area contributed by atoms with Gasteiger partial charge in [-0.3, -0.25) is 4.90 Å². The molecule has 1 N–H and O–H groups in total. The molecule has 1 saturated heterocycles. The molecule has 1 aliphatic heterocycles. The average Bonchev–Trinajstić information content (AvgIpc) is 2.28. The van der Waals surface area contributed by atoms with Crippen molar-refractivity contribution in [3.63, 3.8) is 0 Å². The van der Waals surface area contributed by atoms with Gasteiger partial charge in [0.2, 0.25) is 0 Å². The SMILES string of the molecule is Cc1cc(C)c(C(C)(C)N2CCNCC2)c(C)c1. The molecular weight excluding hydrogens is 220 g/mol. The van der Waals surface area contributed by atoms with Crippen LogP contribution in [0.4, 0.5) is 0 Å². The topological polar surface area (TPSA) is 15.3 Å². The highest BCUT2D eigenvalue weighted by molar-refractivity contribution is 5.41. The summed E-state index contributed by atoms with van der Waals surface area (Å²) in [5, 5.41) is 3.43. The Hall–Kier alpha value is -0.860. The van der Waals surface area contributed by atoms with E-state index in [0.717, 1.165) is 26.2 Å². The molecular formula is C16H26N2. The van der Waals surface area contributed by atoms with Gasteiger partial charge in [0.05, 0.1) is 0 Å². The second-order valence-corrected chi connectivity index (χ2v) is 6.07. The van der Waals surface area contributed by atoms with E-state index in [2.05, 4.69) is 57.0 Å². The van der Waals surface area contributed by atoms with Crippen LogP contribution in [0.2, 0.25) is 0 Å². The minimum atomic E-state index is 0.129. The Balaban J connectivity index is 2.39. The molecule has 0 spiro atoms. The molecule has 0 unspecified atom stereocenters. The number of nitrogens with zero attached hydrogens (tertiary/aromatic N) is 1. The molecule has 1 aromatic carbocycles. The van der Waals surface area contributed by atoms with Crippen molar-refractivity contribution >= 4 is 0 Å². The standard InChI is InChI=1S/C16H26N2/c1-12-10-13(2)15(14(3)11-12)16(4,5)18-8-6-17-7-9-18/h10-11,17H,6-9H2,1-5H3. The molecule has 1 aliphatic rings. The number of piperazine rings is 1. The largest absolute Gasteiger partial charge is 0.314 e. The lowest BCUT2D eigenvalue weighted by atomic mass is 9.84. The van der Waals surface area contributed by atoms with Gasteiger partial charge in [0, 0.05) is 31.7 Å². The Labute approximate surface area is 111 Å². The van der Waals surface area contributed by atoms with Crippen molar-refractivity contribution in [1.29, 1.82) is 0 Å². The Morgan fingerprint density at radius 3 is 2.00 bits per heavy atom. The summed E-state index contributed by atoms with van der Waals surface area (Å²) in [5.41, 5.74) is 5.86. The molecule has 1 heterocycles. The first-order valence-electron chi connectivity index (χ1n) is 6.97. The van der Waals surface area contributed by atoms with Gasteiger partial charge in [0.25, 0.3) is 0 Å². The van der Waals surface area contributed by atoms with E-state index in [9.17, 15) is 0 Å². The molecule has 2 heteroatoms. The van der Waals surface area contributed by atoms with Gasteiger partial charge in [0.15, 0.2) is 0 Å². The third-order valence-corrected chi connectivity index (χ3v) is 4.20. The normalized spacial score (nSPS) is 18.1. The third-order valence-electron chi connectivity index (χ3n) is 4.20. The maximum Gasteiger partial charge on any atom is 0.0410 e. The van der Waals surface area contributed by atoms with Crippen molar-refractivity contribution in [1.82, 2.24) is 10.2 Å². The number of aryl methyl sites for hydroxylation is 3. The van der Waals surface area contributed by atoms with Crippen LogP contribution in [0.5, 0.6) is 0 Å². The third kappa shape index (κ3) is 2.45. The highest BCUT2D eigenvalue weighted by Crippen LogP contribution is 2.33. The van der Waals surface area contributed by atoms with Crippen molar-refractivity contribution in [3.8, 4) is 0 Å². The van der Waals surface area contributed by atoms with Crippen molar-refractivity contribution < 1.29 is 0 Å². The smallest absolute Gasteiger partial charge is 0.0410 e. The van der Waals surface area contributed by atoms with E-state index < -0.39 is 0 Å². The summed E-state index contributed by atoms with van der Waals surface area (Å²) in [6, 6.07) is 4.62. The molecule has 1 aromatic rings. The molecule has 18 heavy (non-hydrogen) atoms. The Bertz CT molecular complexity index is 406. The van der Waals surface area contributed by atoms with Crippen molar-refractivity contribution in [2.45, 2.75) is 40.2 Å². The summed E-state index contributed by atoms with van der Waals surface area (Å²) in [6.45, 7) is 15.9. The second kappa shape index (κ2) is 5.02. The predicted octanol–water partition coefficient (Wildman–Crippen LogP) is 2.75. The first-order chi connectivity index (χ1) is 8.43. The van der Waals surface area contributed by atoms with Crippen molar-refractivity contribution in [2.75, 3.05) is 26.2 Å². The maximum atomic E-state index is 3.43. The molecule has 0 atom stereocenters. The molecule has 2 nitrogen and oxygen atoms in total. The summed E-state index contributed by atoms with van der Waals surface area (Å²) in [4.78, 5) is 2.61. The highest BCUT2D eigenvalue weighted by atomic mass is 15.2. The number of hydrogen-bond donors (Lipinski definition) is 1. The number of benzene rings is 1. The zero-order valence-corrected chi connectivity index (χ0v) is 12.4. The van der Waals surface area contributed by atoms with Crippen LogP contribution in [0.1, 0.15) is 36.1 Å². The van der Waals surface area contributed by atoms with E-state index >= 15 is 0 Å². The van der Waals surface area contributed by atoms with Crippen LogP contribution < -0.4 is 5.32 Å². The lowest BCUT2D eigenvalue weighted by Crippen LogP contribution is -2.52. The van der Waals surface area contributed by atoms with Gasteiger partial charge >= 0.3 is 0 Å². The monoisotopic (exact) mass is 246 g/mol. The molecule has 0 aliphatic carbocycles. The van der Waals surface area contributed by atoms with E-state index in [1.807, 2.05) is 0 Å². The lowest BCUT2D eigenvalue weighted by molar-refractivity contribution is 0.101. The molecule has 100 valence electrons. The molecule has 0 saturated carbocycles. The number of hydrogen-bond acceptors (Lipinski definition) is 2. The quantitative estimate of drug-likeness (QED) is 0.863. The molecule has 2 rings (SSSR count). The van der Waals surface area contributed by atoms with Gasteiger partial charge in [-0.1, -0.05) is 17.7 Å². The number of nitrogens with one attached hydrogen (secondary N) is 1. The fourth-order valence-electron chi connectivity index (χ4n) is 3.53. The fourth-order valence-corrected chi connectivity index (χ4v) is 3.53. The van der Waals surface area contributed by atoms with Crippen LogP contribution >= 0.6 is 0 Å². The zero-order valence-electron chi connectivity index (χ0n) is 12.4. The molecule has 0 radical (unpaired) electrons. The van der Waals surface area contributed by atoms with E-state index in [4.69, 9.17) is 0 Å². The van der Waals surface area contributed by atoms with Crippen LogP contribution in [-0.2, 0) is 5.54 Å².